The SMILES string of the molecule is CCOC(=O)c1nc(Cl)ncc1NC(=O)C1CCC(n2ccnc2)N(c2cc(C(=O)Nc3ccc(OC)nc3C(=O)OC)nnc2-n2ccnc2)N1. The van der Waals surface area contributed by atoms with Gasteiger partial charge in [-0.15, -0.1) is 10.2 Å². The molecule has 1 saturated heterocycles. The van der Waals surface area contributed by atoms with Gasteiger partial charge in [-0.1, -0.05) is 0 Å². The van der Waals surface area contributed by atoms with E-state index in [9.17, 15) is 19.2 Å². The first-order valence-electron chi connectivity index (χ1n) is 15.5. The van der Waals surface area contributed by atoms with Crippen LogP contribution < -0.4 is 25.8 Å². The summed E-state index contributed by atoms with van der Waals surface area (Å²) in [6, 6.07) is 3.48. The summed E-state index contributed by atoms with van der Waals surface area (Å²) in [7, 11) is 2.56. The zero-order valence-electron chi connectivity index (χ0n) is 27.8. The van der Waals surface area contributed by atoms with Crippen molar-refractivity contribution in [1.82, 2.24) is 49.7 Å². The van der Waals surface area contributed by atoms with Crippen LogP contribution in [0.5, 0.6) is 5.88 Å². The summed E-state index contributed by atoms with van der Waals surface area (Å²) in [4.78, 5) is 72.8. The van der Waals surface area contributed by atoms with Crippen LogP contribution in [0.3, 0.4) is 0 Å². The number of nitrogens with one attached hydrogen (secondary N) is 3. The molecule has 0 aliphatic carbocycles. The van der Waals surface area contributed by atoms with Gasteiger partial charge in [0.05, 0.1) is 44.7 Å². The Morgan fingerprint density at radius 3 is 2.46 bits per heavy atom. The molecule has 21 heteroatoms. The summed E-state index contributed by atoms with van der Waals surface area (Å²) in [6.45, 7) is 1.71. The Bertz CT molecular complexity index is 2100. The van der Waals surface area contributed by atoms with Crippen molar-refractivity contribution in [3.8, 4) is 11.7 Å². The molecule has 2 amide bonds. The maximum Gasteiger partial charge on any atom is 0.359 e. The fourth-order valence-corrected chi connectivity index (χ4v) is 5.40. The molecule has 0 saturated carbocycles. The van der Waals surface area contributed by atoms with Crippen molar-refractivity contribution in [2.45, 2.75) is 32.0 Å². The Kier molecular flexibility index (Phi) is 10.6. The predicted molar refractivity (Wildman–Crippen MR) is 181 cm³/mol. The number of methoxy groups -OCH3 is 2. The summed E-state index contributed by atoms with van der Waals surface area (Å²) in [5, 5.41) is 15.3. The fourth-order valence-electron chi connectivity index (χ4n) is 5.26. The van der Waals surface area contributed by atoms with Gasteiger partial charge in [-0.05, 0) is 37.4 Å². The number of nitrogens with zero attached hydrogens (tertiary/aromatic N) is 10. The number of rotatable bonds is 11. The van der Waals surface area contributed by atoms with Gasteiger partial charge >= 0.3 is 11.9 Å². The Hall–Kier alpha value is -6.54. The third-order valence-electron chi connectivity index (χ3n) is 7.68. The summed E-state index contributed by atoms with van der Waals surface area (Å²) in [5.41, 5.74) is 3.05. The second-order valence-corrected chi connectivity index (χ2v) is 11.2. The topological polar surface area (TPSA) is 235 Å². The third kappa shape index (κ3) is 7.46. The average molecular weight is 732 g/mol. The largest absolute Gasteiger partial charge is 0.481 e. The molecule has 5 aromatic heterocycles. The lowest BCUT2D eigenvalue weighted by atomic mass is 10.1. The summed E-state index contributed by atoms with van der Waals surface area (Å²) < 4.78 is 18.4. The Morgan fingerprint density at radius 2 is 1.75 bits per heavy atom. The molecule has 2 unspecified atom stereocenters. The van der Waals surface area contributed by atoms with E-state index >= 15 is 0 Å². The van der Waals surface area contributed by atoms with Crippen molar-refractivity contribution in [3.05, 3.63) is 84.2 Å². The number of pyridine rings is 1. The maximum atomic E-state index is 13.8. The zero-order valence-corrected chi connectivity index (χ0v) is 28.5. The number of anilines is 3. The van der Waals surface area contributed by atoms with Gasteiger partial charge in [0.2, 0.25) is 17.1 Å². The van der Waals surface area contributed by atoms with Crippen LogP contribution in [0, 0.1) is 0 Å². The molecule has 0 spiro atoms. The van der Waals surface area contributed by atoms with Gasteiger partial charge in [0.15, 0.2) is 22.9 Å². The number of hydrogen-bond acceptors (Lipinski definition) is 16. The molecule has 3 N–H and O–H groups in total. The summed E-state index contributed by atoms with van der Waals surface area (Å²) in [5.74, 6) is -2.47. The number of carbonyl (C=O) groups excluding carboxylic acids is 4. The normalized spacial score (nSPS) is 15.4. The number of hydrogen-bond donors (Lipinski definition) is 3. The third-order valence-corrected chi connectivity index (χ3v) is 7.86. The lowest BCUT2D eigenvalue weighted by Gasteiger charge is -2.42. The number of halogens is 1. The molecule has 2 atom stereocenters. The number of esters is 2. The summed E-state index contributed by atoms with van der Waals surface area (Å²) in [6.07, 6.45) is 11.1. The quantitative estimate of drug-likeness (QED) is 0.130. The highest BCUT2D eigenvalue weighted by atomic mass is 35.5. The van der Waals surface area contributed by atoms with E-state index in [0.717, 1.165) is 0 Å². The lowest BCUT2D eigenvalue weighted by Crippen LogP contribution is -2.57. The van der Waals surface area contributed by atoms with Crippen LogP contribution in [0.1, 0.15) is 57.4 Å². The van der Waals surface area contributed by atoms with E-state index in [1.54, 1.807) is 47.6 Å². The van der Waals surface area contributed by atoms with Crippen LogP contribution in [-0.4, -0.2) is 94.9 Å². The molecule has 1 aliphatic rings. The Balaban J connectivity index is 1.36. The monoisotopic (exact) mass is 731 g/mol. The molecule has 20 nitrogen and oxygen atoms in total. The standard InChI is InChI=1S/C31H30ClN13O7/c1-4-52-30(49)25-20(14-35-31(32)39-25)37-27(46)18-6-8-23(43-11-9-33-15-43)45(42-18)21-13-19(40-41-26(21)44-12-10-34-16-44)28(47)36-17-5-7-22(50-2)38-24(17)29(48)51-3/h5,7,9-16,18,23,42H,4,6,8H2,1-3H3,(H,36,47)(H,37,46). The van der Waals surface area contributed by atoms with Crippen molar-refractivity contribution in [1.29, 1.82) is 0 Å². The van der Waals surface area contributed by atoms with E-state index in [2.05, 4.69) is 51.2 Å². The number of amides is 2. The van der Waals surface area contributed by atoms with Crippen molar-refractivity contribution < 1.29 is 33.4 Å². The minimum Gasteiger partial charge on any atom is -0.481 e. The molecular formula is C31H30ClN13O7. The van der Waals surface area contributed by atoms with Crippen molar-refractivity contribution in [2.75, 3.05) is 36.5 Å². The molecule has 1 aliphatic heterocycles. The van der Waals surface area contributed by atoms with Gasteiger partial charge in [-0.25, -0.2) is 39.9 Å². The van der Waals surface area contributed by atoms with Crippen LogP contribution in [-0.2, 0) is 14.3 Å². The van der Waals surface area contributed by atoms with Crippen molar-refractivity contribution >= 4 is 52.4 Å². The first-order valence-corrected chi connectivity index (χ1v) is 15.9. The van der Waals surface area contributed by atoms with Crippen molar-refractivity contribution in [3.63, 3.8) is 0 Å². The highest BCUT2D eigenvalue weighted by Crippen LogP contribution is 2.33. The number of ether oxygens (including phenoxy) is 3. The molecule has 1 fully saturated rings. The molecule has 0 bridgehead atoms. The fraction of sp³-hybridized carbons (Fsp3) is 0.258. The van der Waals surface area contributed by atoms with Crippen molar-refractivity contribution in [2.24, 2.45) is 0 Å². The lowest BCUT2D eigenvalue weighted by molar-refractivity contribution is -0.119. The number of carbonyl (C=O) groups is 4. The minimum atomic E-state index is -0.889. The van der Waals surface area contributed by atoms with E-state index in [4.69, 9.17) is 25.8 Å². The second-order valence-electron chi connectivity index (χ2n) is 10.8. The number of hydrazine groups is 1. The van der Waals surface area contributed by atoms with Crippen LogP contribution in [0.4, 0.5) is 17.1 Å². The van der Waals surface area contributed by atoms with Gasteiger partial charge in [0.25, 0.3) is 5.91 Å². The van der Waals surface area contributed by atoms with Crippen LogP contribution in [0.2, 0.25) is 5.28 Å². The molecule has 6 rings (SSSR count). The second kappa shape index (κ2) is 15.6. The van der Waals surface area contributed by atoms with Crippen LogP contribution in [0.25, 0.3) is 5.82 Å². The van der Waals surface area contributed by atoms with E-state index in [-0.39, 0.29) is 52.0 Å². The van der Waals surface area contributed by atoms with E-state index in [0.29, 0.717) is 18.5 Å². The predicted octanol–water partition coefficient (Wildman–Crippen LogP) is 2.23. The van der Waals surface area contributed by atoms with Gasteiger partial charge in [0.1, 0.15) is 24.2 Å². The Labute approximate surface area is 299 Å². The molecule has 0 radical (unpaired) electrons. The van der Waals surface area contributed by atoms with Gasteiger partial charge in [-0.2, -0.15) is 0 Å². The molecule has 52 heavy (non-hydrogen) atoms. The highest BCUT2D eigenvalue weighted by Gasteiger charge is 2.36. The summed E-state index contributed by atoms with van der Waals surface area (Å²) >= 11 is 5.93. The number of aromatic nitrogens is 9. The first kappa shape index (κ1) is 35.3. The highest BCUT2D eigenvalue weighted by molar-refractivity contribution is 6.28. The van der Waals surface area contributed by atoms with Gasteiger partial charge in [0, 0.05) is 36.9 Å². The van der Waals surface area contributed by atoms with Gasteiger partial charge < -0.3 is 29.4 Å². The minimum absolute atomic E-state index is 0.000850. The van der Waals surface area contributed by atoms with E-state index in [1.165, 1.54) is 44.9 Å². The Morgan fingerprint density at radius 1 is 0.962 bits per heavy atom. The molecule has 0 aromatic carbocycles. The van der Waals surface area contributed by atoms with Crippen LogP contribution >= 0.6 is 11.6 Å². The number of imidazole rings is 2. The average Bonchev–Trinajstić information content (AvgIpc) is 3.91. The molecule has 5 aromatic rings. The van der Waals surface area contributed by atoms with Gasteiger partial charge in [-0.3, -0.25) is 19.2 Å². The smallest absolute Gasteiger partial charge is 0.359 e. The molecule has 6 heterocycles. The first-order chi connectivity index (χ1) is 25.2. The van der Waals surface area contributed by atoms with Crippen LogP contribution in [0.15, 0.2) is 61.8 Å². The van der Waals surface area contributed by atoms with E-state index < -0.39 is 36.0 Å². The van der Waals surface area contributed by atoms with E-state index in [1.807, 2.05) is 4.57 Å². The zero-order chi connectivity index (χ0) is 36.8. The molecule has 268 valence electrons. The maximum absolute atomic E-state index is 13.8. The molecular weight excluding hydrogens is 702 g/mol.